The highest BCUT2D eigenvalue weighted by molar-refractivity contribution is 5.10. The first kappa shape index (κ1) is 13.1. The minimum atomic E-state index is -4.49. The van der Waals surface area contributed by atoms with Gasteiger partial charge in [-0.3, -0.25) is 4.79 Å². The van der Waals surface area contributed by atoms with Crippen molar-refractivity contribution in [1.29, 1.82) is 0 Å². The molecule has 1 N–H and O–H groups in total. The first-order chi connectivity index (χ1) is 8.48. The summed E-state index contributed by atoms with van der Waals surface area (Å²) in [6.45, 7) is 0.877. The molecule has 3 nitrogen and oxygen atoms in total. The number of piperidine rings is 1. The van der Waals surface area contributed by atoms with Crippen molar-refractivity contribution in [3.05, 3.63) is 34.2 Å². The third kappa shape index (κ3) is 2.93. The van der Waals surface area contributed by atoms with Gasteiger partial charge in [0.25, 0.3) is 5.56 Å². The molecular weight excluding hydrogens is 245 g/mol. The van der Waals surface area contributed by atoms with E-state index in [9.17, 15) is 18.0 Å². The van der Waals surface area contributed by atoms with Gasteiger partial charge < -0.3 is 9.88 Å². The molecule has 0 spiro atoms. The van der Waals surface area contributed by atoms with E-state index < -0.39 is 17.4 Å². The minimum Gasteiger partial charge on any atom is -0.312 e. The van der Waals surface area contributed by atoms with Gasteiger partial charge in [0.2, 0.25) is 0 Å². The highest BCUT2D eigenvalue weighted by Crippen LogP contribution is 2.28. The predicted octanol–water partition coefficient (Wildman–Crippen LogP) is 2.01. The summed E-state index contributed by atoms with van der Waals surface area (Å²) in [5.41, 5.74) is -1.47. The van der Waals surface area contributed by atoms with Gasteiger partial charge in [0.15, 0.2) is 0 Å². The molecule has 1 saturated heterocycles. The molecule has 2 rings (SSSR count). The quantitative estimate of drug-likeness (QED) is 0.882. The lowest BCUT2D eigenvalue weighted by atomic mass is 10.0. The van der Waals surface area contributed by atoms with Gasteiger partial charge >= 0.3 is 6.18 Å². The first-order valence-electron chi connectivity index (χ1n) is 5.99. The predicted molar refractivity (Wildman–Crippen MR) is 61.3 cm³/mol. The molecule has 1 fully saturated rings. The maximum Gasteiger partial charge on any atom is 0.431 e. The summed E-state index contributed by atoms with van der Waals surface area (Å²) < 4.78 is 39.2. The maximum atomic E-state index is 12.8. The number of nitrogens with one attached hydrogen (secondary N) is 1. The van der Waals surface area contributed by atoms with E-state index in [1.54, 1.807) is 0 Å². The number of hydrogen-bond acceptors (Lipinski definition) is 2. The highest BCUT2D eigenvalue weighted by Gasteiger charge is 2.34. The van der Waals surface area contributed by atoms with Crippen molar-refractivity contribution >= 4 is 0 Å². The summed E-state index contributed by atoms with van der Waals surface area (Å²) in [4.78, 5) is 11.6. The van der Waals surface area contributed by atoms with E-state index in [0.717, 1.165) is 48.6 Å². The fourth-order valence-electron chi connectivity index (χ4n) is 2.26. The summed E-state index contributed by atoms with van der Waals surface area (Å²) in [6.07, 6.45) is -1.67. The molecule has 0 bridgehead atoms. The van der Waals surface area contributed by atoms with Gasteiger partial charge in [-0.15, -0.1) is 0 Å². The van der Waals surface area contributed by atoms with Crippen molar-refractivity contribution in [3.63, 3.8) is 0 Å². The molecule has 0 aliphatic carbocycles. The molecule has 18 heavy (non-hydrogen) atoms. The third-order valence-electron chi connectivity index (χ3n) is 3.16. The van der Waals surface area contributed by atoms with Crippen LogP contribution in [-0.2, 0) is 12.7 Å². The van der Waals surface area contributed by atoms with Crippen LogP contribution in [0.1, 0.15) is 25.0 Å². The second-order valence-electron chi connectivity index (χ2n) is 4.50. The van der Waals surface area contributed by atoms with E-state index >= 15 is 0 Å². The van der Waals surface area contributed by atoms with Crippen LogP contribution in [-0.4, -0.2) is 17.2 Å². The zero-order valence-electron chi connectivity index (χ0n) is 9.83. The normalized spacial score (nSPS) is 20.9. The van der Waals surface area contributed by atoms with Gasteiger partial charge in [0.05, 0.1) is 0 Å². The molecule has 100 valence electrons. The van der Waals surface area contributed by atoms with Crippen LogP contribution in [0.5, 0.6) is 0 Å². The lowest BCUT2D eigenvalue weighted by Crippen LogP contribution is -2.41. The standard InChI is InChI=1S/C12H15F3N2O/c13-12(14,15)10-5-3-6-11(18)17(10)8-9-4-1-2-7-16-9/h3,5-6,9,16H,1-2,4,7-8H2. The molecule has 0 aromatic carbocycles. The second-order valence-corrected chi connectivity index (χ2v) is 4.50. The molecule has 1 aromatic heterocycles. The van der Waals surface area contributed by atoms with E-state index in [0.29, 0.717) is 0 Å². The van der Waals surface area contributed by atoms with E-state index in [4.69, 9.17) is 0 Å². The smallest absolute Gasteiger partial charge is 0.312 e. The molecular formula is C12H15F3N2O. The number of rotatable bonds is 2. The van der Waals surface area contributed by atoms with E-state index in [2.05, 4.69) is 5.32 Å². The SMILES string of the molecule is O=c1cccc(C(F)(F)F)n1CC1CCCCN1. The summed E-state index contributed by atoms with van der Waals surface area (Å²) in [7, 11) is 0. The van der Waals surface area contributed by atoms with Crippen molar-refractivity contribution in [2.45, 2.75) is 38.0 Å². The molecule has 1 unspecified atom stereocenters. The number of aromatic nitrogens is 1. The van der Waals surface area contributed by atoms with Gasteiger partial charge in [0.1, 0.15) is 5.69 Å². The fraction of sp³-hybridized carbons (Fsp3) is 0.583. The Kier molecular flexibility index (Phi) is 3.75. The molecule has 1 aliphatic heterocycles. The summed E-state index contributed by atoms with van der Waals surface area (Å²) in [5, 5.41) is 3.15. The number of nitrogens with zero attached hydrogens (tertiary/aromatic N) is 1. The third-order valence-corrected chi connectivity index (χ3v) is 3.16. The van der Waals surface area contributed by atoms with Crippen molar-refractivity contribution in [1.82, 2.24) is 9.88 Å². The summed E-state index contributed by atoms with van der Waals surface area (Å²) in [5.74, 6) is 0. The highest BCUT2D eigenvalue weighted by atomic mass is 19.4. The Morgan fingerprint density at radius 1 is 1.33 bits per heavy atom. The lowest BCUT2D eigenvalue weighted by molar-refractivity contribution is -0.144. The van der Waals surface area contributed by atoms with Crippen molar-refractivity contribution in [2.75, 3.05) is 6.54 Å². The van der Waals surface area contributed by atoms with E-state index in [1.165, 1.54) is 0 Å². The van der Waals surface area contributed by atoms with E-state index in [1.807, 2.05) is 0 Å². The van der Waals surface area contributed by atoms with Crippen LogP contribution < -0.4 is 10.9 Å². The molecule has 0 radical (unpaired) electrons. The Morgan fingerprint density at radius 2 is 2.11 bits per heavy atom. The number of hydrogen-bond donors (Lipinski definition) is 1. The molecule has 0 saturated carbocycles. The van der Waals surface area contributed by atoms with Gasteiger partial charge in [-0.05, 0) is 25.5 Å². The summed E-state index contributed by atoms with van der Waals surface area (Å²) >= 11 is 0. The average molecular weight is 260 g/mol. The van der Waals surface area contributed by atoms with E-state index in [-0.39, 0.29) is 12.6 Å². The van der Waals surface area contributed by atoms with Crippen molar-refractivity contribution < 1.29 is 13.2 Å². The van der Waals surface area contributed by atoms with Crippen LogP contribution in [0.25, 0.3) is 0 Å². The topological polar surface area (TPSA) is 34.0 Å². The maximum absolute atomic E-state index is 12.8. The molecule has 6 heteroatoms. The zero-order valence-corrected chi connectivity index (χ0v) is 9.83. The zero-order chi connectivity index (χ0) is 13.2. The monoisotopic (exact) mass is 260 g/mol. The minimum absolute atomic E-state index is 0.0556. The first-order valence-corrected chi connectivity index (χ1v) is 5.99. The lowest BCUT2D eigenvalue weighted by Gasteiger charge is -2.25. The molecule has 0 amide bonds. The molecule has 1 aliphatic rings. The van der Waals surface area contributed by atoms with Crippen LogP contribution in [0, 0.1) is 0 Å². The molecule has 2 heterocycles. The Morgan fingerprint density at radius 3 is 2.72 bits per heavy atom. The largest absolute Gasteiger partial charge is 0.431 e. The Bertz CT molecular complexity index is 461. The molecule has 1 atom stereocenters. The Hall–Kier alpha value is -1.30. The van der Waals surface area contributed by atoms with Gasteiger partial charge in [-0.2, -0.15) is 13.2 Å². The Labute approximate surface area is 103 Å². The number of pyridine rings is 1. The number of halogens is 3. The van der Waals surface area contributed by atoms with Gasteiger partial charge in [-0.25, -0.2) is 0 Å². The average Bonchev–Trinajstić information content (AvgIpc) is 2.32. The summed E-state index contributed by atoms with van der Waals surface area (Å²) in [6, 6.07) is 3.21. The van der Waals surface area contributed by atoms with Crippen molar-refractivity contribution in [3.8, 4) is 0 Å². The van der Waals surface area contributed by atoms with Crippen LogP contribution in [0.3, 0.4) is 0 Å². The Balaban J connectivity index is 2.28. The van der Waals surface area contributed by atoms with Crippen LogP contribution in [0.2, 0.25) is 0 Å². The van der Waals surface area contributed by atoms with Crippen LogP contribution in [0.15, 0.2) is 23.0 Å². The van der Waals surface area contributed by atoms with Gasteiger partial charge in [-0.1, -0.05) is 12.5 Å². The molecule has 1 aromatic rings. The fourth-order valence-corrected chi connectivity index (χ4v) is 2.26. The van der Waals surface area contributed by atoms with Crippen molar-refractivity contribution in [2.24, 2.45) is 0 Å². The number of alkyl halides is 3. The van der Waals surface area contributed by atoms with Gasteiger partial charge in [0, 0.05) is 18.7 Å². The second kappa shape index (κ2) is 5.14. The van der Waals surface area contributed by atoms with Crippen LogP contribution in [0.4, 0.5) is 13.2 Å². The van der Waals surface area contributed by atoms with Crippen LogP contribution >= 0.6 is 0 Å².